The minimum absolute atomic E-state index is 0.209. The van der Waals surface area contributed by atoms with Crippen molar-refractivity contribution in [3.8, 4) is 0 Å². The topological polar surface area (TPSA) is 32.7 Å². The molecule has 3 aromatic carbocycles. The maximum Gasteiger partial charge on any atom is 0.282 e. The zero-order valence-corrected chi connectivity index (χ0v) is 13.8. The summed E-state index contributed by atoms with van der Waals surface area (Å²) in [5, 5.41) is 0. The highest BCUT2D eigenvalue weighted by Gasteiger charge is 2.32. The quantitative estimate of drug-likeness (QED) is 0.637. The number of rotatable bonds is 3. The predicted molar refractivity (Wildman–Crippen MR) is 101 cm³/mol. The molecular weight excluding hydrogens is 327 g/mol. The summed E-state index contributed by atoms with van der Waals surface area (Å²) in [4.78, 5) is 19.1. The molecular formula is C22H15FN2O. The molecule has 0 bridgehead atoms. The van der Waals surface area contributed by atoms with Crippen LogP contribution in [0.2, 0.25) is 0 Å². The first-order valence-corrected chi connectivity index (χ1v) is 8.23. The lowest BCUT2D eigenvalue weighted by Crippen LogP contribution is -2.32. The second kappa shape index (κ2) is 6.76. The summed E-state index contributed by atoms with van der Waals surface area (Å²) in [5.41, 5.74) is 2.64. The third kappa shape index (κ3) is 3.05. The Kier molecular flexibility index (Phi) is 4.15. The fourth-order valence-corrected chi connectivity index (χ4v) is 2.83. The second-order valence-electron chi connectivity index (χ2n) is 5.86. The molecule has 0 aliphatic carbocycles. The van der Waals surface area contributed by atoms with Crippen molar-refractivity contribution in [1.29, 1.82) is 0 Å². The van der Waals surface area contributed by atoms with Crippen molar-refractivity contribution in [2.75, 3.05) is 4.90 Å². The molecule has 0 fully saturated rings. The average molecular weight is 342 g/mol. The summed E-state index contributed by atoms with van der Waals surface area (Å²) < 4.78 is 13.3. The van der Waals surface area contributed by atoms with Gasteiger partial charge in [-0.1, -0.05) is 48.5 Å². The van der Waals surface area contributed by atoms with Crippen molar-refractivity contribution in [3.05, 3.63) is 108 Å². The highest BCUT2D eigenvalue weighted by molar-refractivity contribution is 6.33. The maximum absolute atomic E-state index is 13.3. The van der Waals surface area contributed by atoms with Crippen molar-refractivity contribution in [2.24, 2.45) is 4.99 Å². The Balaban J connectivity index is 1.82. The Labute approximate surface area is 150 Å². The molecule has 0 saturated carbocycles. The zero-order chi connectivity index (χ0) is 17.9. The number of hydrogen-bond acceptors (Lipinski definition) is 2. The van der Waals surface area contributed by atoms with Gasteiger partial charge in [-0.25, -0.2) is 9.38 Å². The van der Waals surface area contributed by atoms with Gasteiger partial charge >= 0.3 is 0 Å². The van der Waals surface area contributed by atoms with E-state index in [1.165, 1.54) is 12.1 Å². The van der Waals surface area contributed by atoms with E-state index in [-0.39, 0.29) is 11.7 Å². The van der Waals surface area contributed by atoms with Crippen LogP contribution in [0.15, 0.2) is 95.6 Å². The molecule has 0 spiro atoms. The molecule has 3 aromatic rings. The third-order valence-electron chi connectivity index (χ3n) is 4.08. The Bertz CT molecular complexity index is 993. The summed E-state index contributed by atoms with van der Waals surface area (Å²) >= 11 is 0. The zero-order valence-electron chi connectivity index (χ0n) is 13.8. The van der Waals surface area contributed by atoms with Crippen LogP contribution in [0, 0.1) is 5.82 Å². The number of anilines is 1. The monoisotopic (exact) mass is 342 g/mol. The van der Waals surface area contributed by atoms with Gasteiger partial charge in [-0.2, -0.15) is 0 Å². The van der Waals surface area contributed by atoms with Crippen LogP contribution in [0.4, 0.5) is 10.1 Å². The third-order valence-corrected chi connectivity index (χ3v) is 4.08. The first kappa shape index (κ1) is 16.0. The minimum Gasteiger partial charge on any atom is -0.266 e. The molecule has 3 nitrogen and oxygen atoms in total. The standard InChI is InChI=1S/C22H15FN2O/c23-18-13-11-17(12-14-18)21-24-20(15-16-7-3-1-4-8-16)22(26)25(21)19-9-5-2-6-10-19/h1-15H/b20-15+. The van der Waals surface area contributed by atoms with Crippen LogP contribution in [0.25, 0.3) is 6.08 Å². The number of halogens is 1. The number of para-hydroxylation sites is 1. The molecule has 1 aliphatic rings. The molecule has 0 N–H and O–H groups in total. The highest BCUT2D eigenvalue weighted by atomic mass is 19.1. The lowest BCUT2D eigenvalue weighted by Gasteiger charge is -2.18. The molecule has 4 rings (SSSR count). The number of amides is 1. The van der Waals surface area contributed by atoms with Gasteiger partial charge in [-0.05, 0) is 48.0 Å². The van der Waals surface area contributed by atoms with Crippen LogP contribution in [0.1, 0.15) is 11.1 Å². The van der Waals surface area contributed by atoms with Gasteiger partial charge in [0.15, 0.2) is 0 Å². The van der Waals surface area contributed by atoms with Gasteiger partial charge in [0.2, 0.25) is 0 Å². The van der Waals surface area contributed by atoms with E-state index in [9.17, 15) is 9.18 Å². The summed E-state index contributed by atoms with van der Waals surface area (Å²) in [6, 6.07) is 24.9. The molecule has 26 heavy (non-hydrogen) atoms. The van der Waals surface area contributed by atoms with E-state index in [0.717, 1.165) is 11.3 Å². The largest absolute Gasteiger partial charge is 0.282 e. The van der Waals surface area contributed by atoms with Crippen molar-refractivity contribution < 1.29 is 9.18 Å². The number of amidine groups is 1. The molecule has 0 unspecified atom stereocenters. The second-order valence-corrected chi connectivity index (χ2v) is 5.86. The highest BCUT2D eigenvalue weighted by Crippen LogP contribution is 2.27. The van der Waals surface area contributed by atoms with Crippen LogP contribution in [0.3, 0.4) is 0 Å². The number of aliphatic imine (C=N–C) groups is 1. The lowest BCUT2D eigenvalue weighted by atomic mass is 10.1. The summed E-state index contributed by atoms with van der Waals surface area (Å²) in [6.07, 6.45) is 1.76. The Morgan fingerprint density at radius 3 is 2.08 bits per heavy atom. The Hall–Kier alpha value is -3.53. The van der Waals surface area contributed by atoms with Gasteiger partial charge in [-0.3, -0.25) is 9.69 Å². The Morgan fingerprint density at radius 2 is 1.42 bits per heavy atom. The van der Waals surface area contributed by atoms with E-state index in [1.807, 2.05) is 60.7 Å². The van der Waals surface area contributed by atoms with Gasteiger partial charge in [0.1, 0.15) is 17.3 Å². The van der Waals surface area contributed by atoms with Crippen molar-refractivity contribution >= 4 is 23.5 Å². The number of nitrogens with zero attached hydrogens (tertiary/aromatic N) is 2. The van der Waals surface area contributed by atoms with E-state index in [0.29, 0.717) is 17.1 Å². The molecule has 0 saturated heterocycles. The van der Waals surface area contributed by atoms with Crippen LogP contribution in [-0.4, -0.2) is 11.7 Å². The van der Waals surface area contributed by atoms with Crippen LogP contribution in [0.5, 0.6) is 0 Å². The summed E-state index contributed by atoms with van der Waals surface area (Å²) in [6.45, 7) is 0. The van der Waals surface area contributed by atoms with Gasteiger partial charge in [0.05, 0.1) is 5.69 Å². The summed E-state index contributed by atoms with van der Waals surface area (Å²) in [7, 11) is 0. The molecule has 0 radical (unpaired) electrons. The van der Waals surface area contributed by atoms with Gasteiger partial charge < -0.3 is 0 Å². The van der Waals surface area contributed by atoms with E-state index >= 15 is 0 Å². The van der Waals surface area contributed by atoms with Crippen molar-refractivity contribution in [3.63, 3.8) is 0 Å². The molecule has 4 heteroatoms. The van der Waals surface area contributed by atoms with E-state index < -0.39 is 0 Å². The molecule has 1 heterocycles. The van der Waals surface area contributed by atoms with Gasteiger partial charge in [0.25, 0.3) is 5.91 Å². The number of benzene rings is 3. The number of carbonyl (C=O) groups is 1. The van der Waals surface area contributed by atoms with Crippen molar-refractivity contribution in [2.45, 2.75) is 0 Å². The van der Waals surface area contributed by atoms with E-state index in [2.05, 4.69) is 4.99 Å². The molecule has 1 aliphatic heterocycles. The fourth-order valence-electron chi connectivity index (χ4n) is 2.83. The van der Waals surface area contributed by atoms with Crippen LogP contribution >= 0.6 is 0 Å². The smallest absolute Gasteiger partial charge is 0.266 e. The first-order valence-electron chi connectivity index (χ1n) is 8.23. The normalized spacial score (nSPS) is 15.4. The SMILES string of the molecule is O=C1/C(=C\c2ccccc2)N=C(c2ccc(F)cc2)N1c1ccccc1. The molecule has 1 amide bonds. The minimum atomic E-state index is -0.329. The fraction of sp³-hybridized carbons (Fsp3) is 0. The number of hydrogen-bond donors (Lipinski definition) is 0. The average Bonchev–Trinajstić information content (AvgIpc) is 3.00. The predicted octanol–water partition coefficient (Wildman–Crippen LogP) is 4.66. The molecule has 0 aromatic heterocycles. The summed E-state index contributed by atoms with van der Waals surface area (Å²) in [5.74, 6) is -0.0484. The lowest BCUT2D eigenvalue weighted by molar-refractivity contribution is -0.113. The Morgan fingerprint density at radius 1 is 0.808 bits per heavy atom. The van der Waals surface area contributed by atoms with E-state index in [4.69, 9.17) is 0 Å². The van der Waals surface area contributed by atoms with Crippen LogP contribution in [-0.2, 0) is 4.79 Å². The maximum atomic E-state index is 13.3. The van der Waals surface area contributed by atoms with Crippen LogP contribution < -0.4 is 4.90 Å². The van der Waals surface area contributed by atoms with Crippen molar-refractivity contribution in [1.82, 2.24) is 0 Å². The van der Waals surface area contributed by atoms with Gasteiger partial charge in [0, 0.05) is 5.56 Å². The van der Waals surface area contributed by atoms with E-state index in [1.54, 1.807) is 23.1 Å². The molecule has 126 valence electrons. The van der Waals surface area contributed by atoms with Gasteiger partial charge in [-0.15, -0.1) is 0 Å². The number of carbonyl (C=O) groups excluding carboxylic acids is 1. The first-order chi connectivity index (χ1) is 12.7. The molecule has 0 atom stereocenters.